The van der Waals surface area contributed by atoms with Crippen LogP contribution in [0.15, 0.2) is 36.8 Å². The average molecular weight is 255 g/mol. The van der Waals surface area contributed by atoms with E-state index >= 15 is 0 Å². The molecule has 2 aromatic heterocycles. The first kappa shape index (κ1) is 11.5. The van der Waals surface area contributed by atoms with Gasteiger partial charge in [-0.15, -0.1) is 0 Å². The van der Waals surface area contributed by atoms with Gasteiger partial charge in [0.2, 0.25) is 5.91 Å². The van der Waals surface area contributed by atoms with Crippen molar-refractivity contribution in [1.29, 1.82) is 0 Å². The Labute approximate surface area is 109 Å². The number of rotatable bonds is 3. The number of nitrogens with one attached hydrogen (secondary N) is 1. The van der Waals surface area contributed by atoms with E-state index in [1.54, 1.807) is 23.3 Å². The van der Waals surface area contributed by atoms with Crippen LogP contribution in [0.4, 0.5) is 5.82 Å². The smallest absolute Gasteiger partial charge is 0.222 e. The topological polar surface area (TPSA) is 85.8 Å². The number of anilines is 1. The molecule has 6 heteroatoms. The lowest BCUT2D eigenvalue weighted by molar-refractivity contribution is -0.117. The molecule has 0 spiro atoms. The molecule has 96 valence electrons. The zero-order valence-electron chi connectivity index (χ0n) is 10.2. The van der Waals surface area contributed by atoms with Gasteiger partial charge in [0.1, 0.15) is 5.82 Å². The number of nitrogens with two attached hydrogens (primary N) is 1. The second kappa shape index (κ2) is 4.56. The summed E-state index contributed by atoms with van der Waals surface area (Å²) in [7, 11) is 0. The number of hydrogen-bond donors (Lipinski definition) is 2. The number of nitrogens with zero attached hydrogens (tertiary/aromatic N) is 3. The fourth-order valence-electron chi connectivity index (χ4n) is 2.16. The number of amides is 1. The summed E-state index contributed by atoms with van der Waals surface area (Å²) >= 11 is 0. The van der Waals surface area contributed by atoms with Gasteiger partial charge in [-0.05, 0) is 18.2 Å². The molecule has 19 heavy (non-hydrogen) atoms. The van der Waals surface area contributed by atoms with E-state index in [0.29, 0.717) is 6.54 Å². The number of carbonyl (C=O) groups excluding carboxylic acids is 1. The van der Waals surface area contributed by atoms with Crippen LogP contribution in [0.25, 0.3) is 5.70 Å². The Morgan fingerprint density at radius 1 is 1.47 bits per heavy atom. The Morgan fingerprint density at radius 3 is 3.11 bits per heavy atom. The van der Waals surface area contributed by atoms with Gasteiger partial charge in [-0.2, -0.15) is 5.10 Å². The van der Waals surface area contributed by atoms with Crippen LogP contribution in [0.3, 0.4) is 0 Å². The number of pyridine rings is 1. The molecule has 1 aliphatic rings. The molecule has 1 aliphatic heterocycles. The molecule has 6 nitrogen and oxygen atoms in total. The number of aromatic nitrogens is 3. The number of fused-ring (bicyclic) bond motifs is 1. The first-order chi connectivity index (χ1) is 9.25. The Bertz CT molecular complexity index is 644. The molecule has 0 unspecified atom stereocenters. The zero-order chi connectivity index (χ0) is 13.2. The SMILES string of the molecule is NC(=O)Cc1cnn2c1NCC=C2c1cccnc1. The second-order valence-corrected chi connectivity index (χ2v) is 4.29. The third kappa shape index (κ3) is 2.08. The largest absolute Gasteiger partial charge is 0.369 e. The van der Waals surface area contributed by atoms with Crippen molar-refractivity contribution in [1.82, 2.24) is 14.8 Å². The van der Waals surface area contributed by atoms with E-state index in [2.05, 4.69) is 15.4 Å². The molecule has 0 saturated carbocycles. The quantitative estimate of drug-likeness (QED) is 0.842. The molecule has 1 amide bonds. The van der Waals surface area contributed by atoms with Crippen LogP contribution in [-0.4, -0.2) is 27.2 Å². The van der Waals surface area contributed by atoms with Crippen molar-refractivity contribution >= 4 is 17.4 Å². The Hall–Kier alpha value is -2.63. The van der Waals surface area contributed by atoms with Crippen molar-refractivity contribution in [3.63, 3.8) is 0 Å². The summed E-state index contributed by atoms with van der Waals surface area (Å²) in [6.07, 6.45) is 7.40. The minimum Gasteiger partial charge on any atom is -0.369 e. The molecule has 3 rings (SSSR count). The van der Waals surface area contributed by atoms with Crippen molar-refractivity contribution in [3.8, 4) is 0 Å². The van der Waals surface area contributed by atoms with E-state index in [4.69, 9.17) is 5.73 Å². The maximum absolute atomic E-state index is 11.0. The van der Waals surface area contributed by atoms with E-state index in [-0.39, 0.29) is 12.3 Å². The van der Waals surface area contributed by atoms with E-state index in [1.807, 2.05) is 18.2 Å². The molecule has 3 N–H and O–H groups in total. The summed E-state index contributed by atoms with van der Waals surface area (Å²) < 4.78 is 1.78. The Kier molecular flexibility index (Phi) is 2.75. The molecule has 0 bridgehead atoms. The predicted molar refractivity (Wildman–Crippen MR) is 71.2 cm³/mol. The Morgan fingerprint density at radius 2 is 2.37 bits per heavy atom. The predicted octanol–water partition coefficient (Wildman–Crippen LogP) is 0.621. The van der Waals surface area contributed by atoms with Crippen LogP contribution >= 0.6 is 0 Å². The van der Waals surface area contributed by atoms with Crippen molar-refractivity contribution in [2.45, 2.75) is 6.42 Å². The highest BCUT2D eigenvalue weighted by atomic mass is 16.1. The zero-order valence-corrected chi connectivity index (χ0v) is 10.2. The highest BCUT2D eigenvalue weighted by molar-refractivity contribution is 5.80. The fraction of sp³-hybridized carbons (Fsp3) is 0.154. The van der Waals surface area contributed by atoms with Crippen molar-refractivity contribution in [3.05, 3.63) is 47.9 Å². The summed E-state index contributed by atoms with van der Waals surface area (Å²) in [5, 5.41) is 7.53. The van der Waals surface area contributed by atoms with Crippen LogP contribution in [0.5, 0.6) is 0 Å². The van der Waals surface area contributed by atoms with E-state index in [1.165, 1.54) is 0 Å². The maximum atomic E-state index is 11.0. The summed E-state index contributed by atoms with van der Waals surface area (Å²) in [5.74, 6) is 0.454. The number of carbonyl (C=O) groups is 1. The highest BCUT2D eigenvalue weighted by Crippen LogP contribution is 2.26. The standard InChI is InChI=1S/C13H13N5O/c14-12(19)6-10-8-17-18-11(3-5-16-13(10)18)9-2-1-4-15-7-9/h1-4,7-8,16H,5-6H2,(H2,14,19). The number of primary amides is 1. The van der Waals surface area contributed by atoms with E-state index < -0.39 is 0 Å². The monoisotopic (exact) mass is 255 g/mol. The van der Waals surface area contributed by atoms with Gasteiger partial charge in [-0.3, -0.25) is 9.78 Å². The van der Waals surface area contributed by atoms with Crippen molar-refractivity contribution in [2.75, 3.05) is 11.9 Å². The van der Waals surface area contributed by atoms with Crippen LogP contribution in [0, 0.1) is 0 Å². The molecule has 0 aromatic carbocycles. The van der Waals surface area contributed by atoms with Gasteiger partial charge in [0.05, 0.1) is 18.3 Å². The molecule has 0 atom stereocenters. The van der Waals surface area contributed by atoms with Crippen LogP contribution in [0.2, 0.25) is 0 Å². The minimum atomic E-state index is -0.366. The summed E-state index contributed by atoms with van der Waals surface area (Å²) in [6, 6.07) is 3.86. The third-order valence-electron chi connectivity index (χ3n) is 2.96. The van der Waals surface area contributed by atoms with Crippen LogP contribution in [-0.2, 0) is 11.2 Å². The highest BCUT2D eigenvalue weighted by Gasteiger charge is 2.19. The molecule has 0 fully saturated rings. The first-order valence-electron chi connectivity index (χ1n) is 5.95. The lowest BCUT2D eigenvalue weighted by Crippen LogP contribution is -2.18. The molecule has 3 heterocycles. The lowest BCUT2D eigenvalue weighted by Gasteiger charge is -2.18. The second-order valence-electron chi connectivity index (χ2n) is 4.29. The molecule has 0 aliphatic carbocycles. The molecule has 0 radical (unpaired) electrons. The normalized spacial score (nSPS) is 13.4. The molecular formula is C13H13N5O. The van der Waals surface area contributed by atoms with E-state index in [9.17, 15) is 4.79 Å². The summed E-state index contributed by atoms with van der Waals surface area (Å²) in [5.41, 5.74) is 7.98. The third-order valence-corrected chi connectivity index (χ3v) is 2.96. The van der Waals surface area contributed by atoms with Gasteiger partial charge < -0.3 is 11.1 Å². The van der Waals surface area contributed by atoms with Crippen LogP contribution < -0.4 is 11.1 Å². The van der Waals surface area contributed by atoms with Gasteiger partial charge >= 0.3 is 0 Å². The first-order valence-corrected chi connectivity index (χ1v) is 5.95. The van der Waals surface area contributed by atoms with Crippen molar-refractivity contribution < 1.29 is 4.79 Å². The summed E-state index contributed by atoms with van der Waals surface area (Å²) in [4.78, 5) is 15.1. The van der Waals surface area contributed by atoms with Gasteiger partial charge in [0.15, 0.2) is 0 Å². The lowest BCUT2D eigenvalue weighted by atomic mass is 10.1. The van der Waals surface area contributed by atoms with Crippen molar-refractivity contribution in [2.24, 2.45) is 5.73 Å². The van der Waals surface area contributed by atoms with Crippen LogP contribution in [0.1, 0.15) is 11.1 Å². The van der Waals surface area contributed by atoms with Gasteiger partial charge in [-0.1, -0.05) is 0 Å². The number of hydrogen-bond acceptors (Lipinski definition) is 4. The fourth-order valence-corrected chi connectivity index (χ4v) is 2.16. The maximum Gasteiger partial charge on any atom is 0.222 e. The molecule has 0 saturated heterocycles. The molecular weight excluding hydrogens is 242 g/mol. The van der Waals surface area contributed by atoms with Gasteiger partial charge in [0.25, 0.3) is 0 Å². The van der Waals surface area contributed by atoms with E-state index in [0.717, 1.165) is 22.6 Å². The Balaban J connectivity index is 2.02. The van der Waals surface area contributed by atoms with Gasteiger partial charge in [-0.25, -0.2) is 4.68 Å². The van der Waals surface area contributed by atoms with Gasteiger partial charge in [0, 0.05) is 30.1 Å². The summed E-state index contributed by atoms with van der Waals surface area (Å²) in [6.45, 7) is 0.682. The minimum absolute atomic E-state index is 0.183. The molecule has 2 aromatic rings. The average Bonchev–Trinajstić information content (AvgIpc) is 2.82.